The lowest BCUT2D eigenvalue weighted by atomic mass is 10.1. The summed E-state index contributed by atoms with van der Waals surface area (Å²) < 4.78 is 0.984. The van der Waals surface area contributed by atoms with Crippen LogP contribution in [0.15, 0.2) is 71.7 Å². The fourth-order valence-corrected chi connectivity index (χ4v) is 2.91. The van der Waals surface area contributed by atoms with Gasteiger partial charge in [0.05, 0.1) is 17.3 Å². The predicted molar refractivity (Wildman–Crippen MR) is 108 cm³/mol. The standard InChI is InChI=1S/C21H17BrN4O/c1-2-11-26(14-16-5-3-15(13-23)4-6-16)21(27)20-12-19(24-25-20)17-7-9-18(22)10-8-17/h2-10,12H,1,11,14H2,(H,24,25). The molecule has 0 atom stereocenters. The Morgan fingerprint density at radius 2 is 1.93 bits per heavy atom. The Bertz CT molecular complexity index is 984. The van der Waals surface area contributed by atoms with Crippen LogP contribution in [0, 0.1) is 11.3 Å². The van der Waals surface area contributed by atoms with E-state index in [0.717, 1.165) is 15.6 Å². The molecule has 0 spiro atoms. The van der Waals surface area contributed by atoms with Crippen LogP contribution in [0.1, 0.15) is 21.6 Å². The number of hydrogen-bond acceptors (Lipinski definition) is 3. The van der Waals surface area contributed by atoms with Crippen LogP contribution in [0.4, 0.5) is 0 Å². The predicted octanol–water partition coefficient (Wildman–Crippen LogP) is 4.54. The topological polar surface area (TPSA) is 72.8 Å². The normalized spacial score (nSPS) is 10.2. The van der Waals surface area contributed by atoms with Crippen LogP contribution in [-0.2, 0) is 6.54 Å². The number of H-pyrrole nitrogens is 1. The minimum Gasteiger partial charge on any atom is -0.329 e. The van der Waals surface area contributed by atoms with Gasteiger partial charge in [0.15, 0.2) is 0 Å². The van der Waals surface area contributed by atoms with E-state index in [4.69, 9.17) is 5.26 Å². The molecule has 0 aliphatic carbocycles. The van der Waals surface area contributed by atoms with Gasteiger partial charge in [-0.2, -0.15) is 10.4 Å². The number of halogens is 1. The van der Waals surface area contributed by atoms with Crippen molar-refractivity contribution in [3.8, 4) is 17.3 Å². The largest absolute Gasteiger partial charge is 0.329 e. The van der Waals surface area contributed by atoms with Crippen LogP contribution in [0.5, 0.6) is 0 Å². The Morgan fingerprint density at radius 1 is 1.22 bits per heavy atom. The van der Waals surface area contributed by atoms with Gasteiger partial charge < -0.3 is 4.90 Å². The first-order chi connectivity index (χ1) is 13.1. The van der Waals surface area contributed by atoms with E-state index >= 15 is 0 Å². The lowest BCUT2D eigenvalue weighted by Gasteiger charge is -2.20. The Balaban J connectivity index is 1.79. The fraction of sp³-hybridized carbons (Fsp3) is 0.0952. The molecule has 5 nitrogen and oxygen atoms in total. The summed E-state index contributed by atoms with van der Waals surface area (Å²) in [7, 11) is 0. The average molecular weight is 421 g/mol. The number of hydrogen-bond donors (Lipinski definition) is 1. The van der Waals surface area contributed by atoms with Gasteiger partial charge in [-0.3, -0.25) is 9.89 Å². The van der Waals surface area contributed by atoms with Gasteiger partial charge in [-0.15, -0.1) is 6.58 Å². The molecular formula is C21H17BrN4O. The zero-order valence-electron chi connectivity index (χ0n) is 14.5. The number of nitriles is 1. The van der Waals surface area contributed by atoms with E-state index in [2.05, 4.69) is 38.8 Å². The maximum atomic E-state index is 12.9. The van der Waals surface area contributed by atoms with Crippen LogP contribution < -0.4 is 0 Å². The molecule has 0 unspecified atom stereocenters. The summed E-state index contributed by atoms with van der Waals surface area (Å²) >= 11 is 3.41. The second-order valence-electron chi connectivity index (χ2n) is 5.96. The van der Waals surface area contributed by atoms with Crippen molar-refractivity contribution in [2.45, 2.75) is 6.54 Å². The summed E-state index contributed by atoms with van der Waals surface area (Å²) in [6.45, 7) is 4.57. The molecule has 0 saturated carbocycles. The van der Waals surface area contributed by atoms with E-state index in [0.29, 0.717) is 30.0 Å². The molecule has 134 valence electrons. The molecule has 0 saturated heterocycles. The lowest BCUT2D eigenvalue weighted by molar-refractivity contribution is 0.0757. The van der Waals surface area contributed by atoms with Gasteiger partial charge in [-0.1, -0.05) is 46.3 Å². The molecule has 3 aromatic rings. The number of amides is 1. The zero-order valence-corrected chi connectivity index (χ0v) is 16.1. The minimum absolute atomic E-state index is 0.157. The number of carbonyl (C=O) groups is 1. The van der Waals surface area contributed by atoms with Crippen molar-refractivity contribution in [3.05, 3.63) is 88.5 Å². The van der Waals surface area contributed by atoms with Crippen molar-refractivity contribution in [2.75, 3.05) is 6.54 Å². The summed E-state index contributed by atoms with van der Waals surface area (Å²) in [5.74, 6) is -0.157. The van der Waals surface area contributed by atoms with Crippen molar-refractivity contribution in [1.82, 2.24) is 15.1 Å². The summed E-state index contributed by atoms with van der Waals surface area (Å²) in [6.07, 6.45) is 1.69. The number of nitrogens with one attached hydrogen (secondary N) is 1. The molecule has 1 amide bonds. The maximum Gasteiger partial charge on any atom is 0.272 e. The molecule has 27 heavy (non-hydrogen) atoms. The highest BCUT2D eigenvalue weighted by atomic mass is 79.9. The first kappa shape index (κ1) is 18.6. The SMILES string of the molecule is C=CCN(Cc1ccc(C#N)cc1)C(=O)c1cc(-c2ccc(Br)cc2)n[nH]1. The van der Waals surface area contributed by atoms with Crippen LogP contribution in [0.2, 0.25) is 0 Å². The van der Waals surface area contributed by atoms with Gasteiger partial charge >= 0.3 is 0 Å². The van der Waals surface area contributed by atoms with E-state index in [1.54, 1.807) is 29.2 Å². The fourth-order valence-electron chi connectivity index (χ4n) is 2.65. The highest BCUT2D eigenvalue weighted by Gasteiger charge is 2.18. The first-order valence-corrected chi connectivity index (χ1v) is 9.10. The third-order valence-corrected chi connectivity index (χ3v) is 4.57. The third kappa shape index (κ3) is 4.52. The number of rotatable bonds is 6. The second kappa shape index (κ2) is 8.47. The summed E-state index contributed by atoms with van der Waals surface area (Å²) in [5, 5.41) is 16.0. The molecular weight excluding hydrogens is 404 g/mol. The molecule has 0 bridgehead atoms. The quantitative estimate of drug-likeness (QED) is 0.594. The first-order valence-electron chi connectivity index (χ1n) is 8.31. The Morgan fingerprint density at radius 3 is 2.56 bits per heavy atom. The molecule has 0 aliphatic rings. The molecule has 1 aromatic heterocycles. The third-order valence-electron chi connectivity index (χ3n) is 4.04. The Hall–Kier alpha value is -3.17. The van der Waals surface area contributed by atoms with Gasteiger partial charge in [0, 0.05) is 23.1 Å². The van der Waals surface area contributed by atoms with Crippen LogP contribution in [-0.4, -0.2) is 27.5 Å². The van der Waals surface area contributed by atoms with Crippen LogP contribution in [0.3, 0.4) is 0 Å². The number of aromatic nitrogens is 2. The second-order valence-corrected chi connectivity index (χ2v) is 6.87. The van der Waals surface area contributed by atoms with Gasteiger partial charge in [-0.25, -0.2) is 0 Å². The molecule has 3 rings (SSSR count). The van der Waals surface area contributed by atoms with E-state index in [-0.39, 0.29) is 5.91 Å². The van der Waals surface area contributed by atoms with Crippen LogP contribution in [0.25, 0.3) is 11.3 Å². The Labute approximate surface area is 166 Å². The van der Waals surface area contributed by atoms with Crippen molar-refractivity contribution >= 4 is 21.8 Å². The summed E-state index contributed by atoms with van der Waals surface area (Å²) in [4.78, 5) is 14.6. The van der Waals surface area contributed by atoms with Gasteiger partial charge in [0.25, 0.3) is 5.91 Å². The highest BCUT2D eigenvalue weighted by Crippen LogP contribution is 2.21. The van der Waals surface area contributed by atoms with E-state index in [9.17, 15) is 4.79 Å². The highest BCUT2D eigenvalue weighted by molar-refractivity contribution is 9.10. The van der Waals surface area contributed by atoms with E-state index in [1.165, 1.54) is 0 Å². The van der Waals surface area contributed by atoms with Crippen molar-refractivity contribution in [3.63, 3.8) is 0 Å². The summed E-state index contributed by atoms with van der Waals surface area (Å²) in [6, 6.07) is 18.8. The van der Waals surface area contributed by atoms with Crippen LogP contribution >= 0.6 is 15.9 Å². The van der Waals surface area contributed by atoms with Gasteiger partial charge in [-0.05, 0) is 35.9 Å². The Kier molecular flexibility index (Phi) is 5.84. The zero-order chi connectivity index (χ0) is 19.2. The summed E-state index contributed by atoms with van der Waals surface area (Å²) in [5.41, 5.74) is 3.59. The number of carbonyl (C=O) groups excluding carboxylic acids is 1. The average Bonchev–Trinajstić information content (AvgIpc) is 3.18. The molecule has 0 aliphatic heterocycles. The number of benzene rings is 2. The van der Waals surface area contributed by atoms with Crippen molar-refractivity contribution in [2.24, 2.45) is 0 Å². The molecule has 2 aromatic carbocycles. The smallest absolute Gasteiger partial charge is 0.272 e. The molecule has 1 heterocycles. The molecule has 6 heteroatoms. The molecule has 1 N–H and O–H groups in total. The van der Waals surface area contributed by atoms with Gasteiger partial charge in [0.1, 0.15) is 5.69 Å². The van der Waals surface area contributed by atoms with E-state index < -0.39 is 0 Å². The maximum absolute atomic E-state index is 12.9. The van der Waals surface area contributed by atoms with E-state index in [1.807, 2.05) is 36.4 Å². The monoisotopic (exact) mass is 420 g/mol. The minimum atomic E-state index is -0.157. The number of nitrogens with zero attached hydrogens (tertiary/aromatic N) is 3. The lowest BCUT2D eigenvalue weighted by Crippen LogP contribution is -2.31. The van der Waals surface area contributed by atoms with Crippen molar-refractivity contribution < 1.29 is 4.79 Å². The number of aromatic amines is 1. The van der Waals surface area contributed by atoms with Crippen molar-refractivity contribution in [1.29, 1.82) is 5.26 Å². The van der Waals surface area contributed by atoms with Gasteiger partial charge in [0.2, 0.25) is 0 Å². The molecule has 0 radical (unpaired) electrons. The molecule has 0 fully saturated rings.